The van der Waals surface area contributed by atoms with Crippen LogP contribution in [0.2, 0.25) is 10.0 Å². The first-order valence-corrected chi connectivity index (χ1v) is 7.34. The van der Waals surface area contributed by atoms with Gasteiger partial charge in [0.15, 0.2) is 5.75 Å². The van der Waals surface area contributed by atoms with Gasteiger partial charge >= 0.3 is 5.97 Å². The topological polar surface area (TPSA) is 39.2 Å². The summed E-state index contributed by atoms with van der Waals surface area (Å²) in [4.78, 5) is 16.9. The number of carbonyl (C=O) groups is 1. The molecule has 3 rings (SSSR count). The molecule has 110 valence electrons. The first-order valence-electron chi connectivity index (χ1n) is 6.59. The maximum absolute atomic E-state index is 12.5. The standard InChI is InChI=1S/C17H11Cl2NO2/c1-10-9-12(11-5-2-3-7-14(11)20-10)17(21)22-15-8-4-6-13(18)16(15)19/h2-9H,1H3. The average molecular weight is 332 g/mol. The van der Waals surface area contributed by atoms with E-state index in [1.54, 1.807) is 24.3 Å². The highest BCUT2D eigenvalue weighted by atomic mass is 35.5. The number of benzene rings is 2. The summed E-state index contributed by atoms with van der Waals surface area (Å²) in [5.74, 6) is -0.261. The van der Waals surface area contributed by atoms with Crippen LogP contribution in [-0.4, -0.2) is 11.0 Å². The first-order chi connectivity index (χ1) is 10.6. The molecule has 0 saturated heterocycles. The Morgan fingerprint density at radius 1 is 1.09 bits per heavy atom. The van der Waals surface area contributed by atoms with Crippen molar-refractivity contribution in [1.29, 1.82) is 0 Å². The van der Waals surface area contributed by atoms with Crippen LogP contribution in [0.3, 0.4) is 0 Å². The predicted octanol–water partition coefficient (Wildman–Crippen LogP) is 5.07. The van der Waals surface area contributed by atoms with Crippen molar-refractivity contribution in [1.82, 2.24) is 4.98 Å². The van der Waals surface area contributed by atoms with Crippen LogP contribution in [0, 0.1) is 6.92 Å². The summed E-state index contributed by atoms with van der Waals surface area (Å²) >= 11 is 12.0. The number of aromatic nitrogens is 1. The van der Waals surface area contributed by atoms with Gasteiger partial charge in [-0.2, -0.15) is 0 Å². The van der Waals surface area contributed by atoms with E-state index < -0.39 is 5.97 Å². The maximum atomic E-state index is 12.5. The van der Waals surface area contributed by atoms with Crippen LogP contribution >= 0.6 is 23.2 Å². The van der Waals surface area contributed by atoms with E-state index in [4.69, 9.17) is 27.9 Å². The molecule has 0 amide bonds. The molecule has 0 unspecified atom stereocenters. The van der Waals surface area contributed by atoms with Crippen molar-refractivity contribution in [2.75, 3.05) is 0 Å². The van der Waals surface area contributed by atoms with E-state index in [2.05, 4.69) is 4.98 Å². The second-order valence-corrected chi connectivity index (χ2v) is 5.55. The van der Waals surface area contributed by atoms with Gasteiger partial charge < -0.3 is 4.74 Å². The van der Waals surface area contributed by atoms with E-state index in [1.807, 2.05) is 31.2 Å². The van der Waals surface area contributed by atoms with Gasteiger partial charge in [-0.05, 0) is 31.2 Å². The number of ether oxygens (including phenoxy) is 1. The van der Waals surface area contributed by atoms with Gasteiger partial charge in [-0.3, -0.25) is 4.98 Å². The summed E-state index contributed by atoms with van der Waals surface area (Å²) in [6.07, 6.45) is 0. The molecule has 0 aliphatic heterocycles. The molecule has 3 aromatic rings. The van der Waals surface area contributed by atoms with Gasteiger partial charge in [0.2, 0.25) is 0 Å². The van der Waals surface area contributed by atoms with Crippen molar-refractivity contribution in [3.63, 3.8) is 0 Å². The number of nitrogens with zero attached hydrogens (tertiary/aromatic N) is 1. The molecule has 0 bridgehead atoms. The van der Waals surface area contributed by atoms with Crippen LogP contribution in [-0.2, 0) is 0 Å². The van der Waals surface area contributed by atoms with Gasteiger partial charge in [-0.15, -0.1) is 0 Å². The lowest BCUT2D eigenvalue weighted by atomic mass is 10.1. The molecule has 1 aromatic heterocycles. The molecule has 0 saturated carbocycles. The van der Waals surface area contributed by atoms with E-state index >= 15 is 0 Å². The van der Waals surface area contributed by atoms with Crippen molar-refractivity contribution in [2.24, 2.45) is 0 Å². The van der Waals surface area contributed by atoms with Crippen LogP contribution in [0.25, 0.3) is 10.9 Å². The fourth-order valence-electron chi connectivity index (χ4n) is 2.19. The van der Waals surface area contributed by atoms with Gasteiger partial charge in [0.25, 0.3) is 0 Å². The maximum Gasteiger partial charge on any atom is 0.344 e. The number of halogens is 2. The van der Waals surface area contributed by atoms with Crippen LogP contribution < -0.4 is 4.74 Å². The fraction of sp³-hybridized carbons (Fsp3) is 0.0588. The summed E-state index contributed by atoms with van der Waals surface area (Å²) in [6, 6.07) is 14.0. The average Bonchev–Trinajstić information content (AvgIpc) is 2.51. The lowest BCUT2D eigenvalue weighted by Gasteiger charge is -2.09. The molecule has 0 radical (unpaired) electrons. The third-order valence-corrected chi connectivity index (χ3v) is 3.98. The second-order valence-electron chi connectivity index (χ2n) is 4.77. The number of hydrogen-bond acceptors (Lipinski definition) is 3. The molecule has 2 aromatic carbocycles. The van der Waals surface area contributed by atoms with E-state index in [-0.39, 0.29) is 10.8 Å². The van der Waals surface area contributed by atoms with Crippen LogP contribution in [0.15, 0.2) is 48.5 Å². The van der Waals surface area contributed by atoms with E-state index in [1.165, 1.54) is 0 Å². The van der Waals surface area contributed by atoms with Crippen molar-refractivity contribution >= 4 is 40.1 Å². The monoisotopic (exact) mass is 331 g/mol. The quantitative estimate of drug-likeness (QED) is 0.486. The Kier molecular flexibility index (Phi) is 4.01. The Morgan fingerprint density at radius 3 is 2.68 bits per heavy atom. The number of fused-ring (bicyclic) bond motifs is 1. The minimum atomic E-state index is -0.495. The Balaban J connectivity index is 2.04. The molecule has 0 spiro atoms. The predicted molar refractivity (Wildman–Crippen MR) is 87.9 cm³/mol. The molecule has 22 heavy (non-hydrogen) atoms. The zero-order valence-electron chi connectivity index (χ0n) is 11.6. The summed E-state index contributed by atoms with van der Waals surface area (Å²) in [6.45, 7) is 1.83. The molecular formula is C17H11Cl2NO2. The van der Waals surface area contributed by atoms with Crippen LogP contribution in [0.1, 0.15) is 16.1 Å². The number of hydrogen-bond donors (Lipinski definition) is 0. The number of aryl methyl sites for hydroxylation is 1. The molecule has 0 atom stereocenters. The fourth-order valence-corrected chi connectivity index (χ4v) is 2.52. The third-order valence-electron chi connectivity index (χ3n) is 3.18. The summed E-state index contributed by atoms with van der Waals surface area (Å²) in [7, 11) is 0. The van der Waals surface area contributed by atoms with Crippen LogP contribution in [0.4, 0.5) is 0 Å². The molecule has 0 N–H and O–H groups in total. The molecule has 0 aliphatic rings. The number of rotatable bonds is 2. The molecule has 3 nitrogen and oxygen atoms in total. The van der Waals surface area contributed by atoms with Crippen LogP contribution in [0.5, 0.6) is 5.75 Å². The van der Waals surface area contributed by atoms with Crippen molar-refractivity contribution < 1.29 is 9.53 Å². The largest absolute Gasteiger partial charge is 0.421 e. The Labute approximate surface area is 137 Å². The summed E-state index contributed by atoms with van der Waals surface area (Å²) in [5, 5.41) is 1.28. The van der Waals surface area contributed by atoms with Crippen molar-refractivity contribution in [2.45, 2.75) is 6.92 Å². The summed E-state index contributed by atoms with van der Waals surface area (Å²) in [5.41, 5.74) is 1.92. The second kappa shape index (κ2) is 5.95. The minimum absolute atomic E-state index is 0.215. The molecule has 5 heteroatoms. The number of carbonyl (C=O) groups excluding carboxylic acids is 1. The number of esters is 1. The molecular weight excluding hydrogens is 321 g/mol. The Hall–Kier alpha value is -2.10. The Morgan fingerprint density at radius 2 is 1.86 bits per heavy atom. The molecule has 1 heterocycles. The van der Waals surface area contributed by atoms with Gasteiger partial charge in [0.1, 0.15) is 5.02 Å². The normalized spacial score (nSPS) is 10.7. The number of para-hydroxylation sites is 1. The van der Waals surface area contributed by atoms with Gasteiger partial charge in [-0.1, -0.05) is 47.5 Å². The zero-order chi connectivity index (χ0) is 15.7. The minimum Gasteiger partial charge on any atom is -0.421 e. The lowest BCUT2D eigenvalue weighted by Crippen LogP contribution is -2.10. The van der Waals surface area contributed by atoms with Gasteiger partial charge in [-0.25, -0.2) is 4.79 Å². The van der Waals surface area contributed by atoms with E-state index in [0.29, 0.717) is 10.6 Å². The smallest absolute Gasteiger partial charge is 0.344 e. The van der Waals surface area contributed by atoms with E-state index in [9.17, 15) is 4.79 Å². The van der Waals surface area contributed by atoms with E-state index in [0.717, 1.165) is 16.6 Å². The van der Waals surface area contributed by atoms with Crippen molar-refractivity contribution in [3.8, 4) is 5.75 Å². The third kappa shape index (κ3) is 2.78. The Bertz CT molecular complexity index is 878. The summed E-state index contributed by atoms with van der Waals surface area (Å²) < 4.78 is 5.39. The number of pyridine rings is 1. The van der Waals surface area contributed by atoms with Gasteiger partial charge in [0, 0.05) is 11.1 Å². The SMILES string of the molecule is Cc1cc(C(=O)Oc2cccc(Cl)c2Cl)c2ccccc2n1. The first kappa shape index (κ1) is 14.8. The lowest BCUT2D eigenvalue weighted by molar-refractivity contribution is 0.0737. The highest BCUT2D eigenvalue weighted by molar-refractivity contribution is 6.43. The zero-order valence-corrected chi connectivity index (χ0v) is 13.2. The molecule has 0 fully saturated rings. The highest BCUT2D eigenvalue weighted by Gasteiger charge is 2.16. The van der Waals surface area contributed by atoms with Gasteiger partial charge in [0.05, 0.1) is 16.1 Å². The molecule has 0 aliphatic carbocycles. The highest BCUT2D eigenvalue weighted by Crippen LogP contribution is 2.32. The van der Waals surface area contributed by atoms with Crippen molar-refractivity contribution in [3.05, 3.63) is 69.8 Å².